The van der Waals surface area contributed by atoms with E-state index in [9.17, 15) is 0 Å². The zero-order valence-corrected chi connectivity index (χ0v) is 13.6. The van der Waals surface area contributed by atoms with E-state index in [4.69, 9.17) is 9.47 Å². The molecule has 2 aromatic rings. The molecule has 1 aliphatic heterocycles. The van der Waals surface area contributed by atoms with Gasteiger partial charge < -0.3 is 14.8 Å². The standard InChI is InChI=1S/C17H22N4O2/c1-3-14-12-15(19-9-6-17(2)22-10-11-23-17)21-16(20-14)13-4-7-18-8-5-13/h4-5,7-8,12H,3,6,9-11H2,1-2H3,(H,19,20,21). The van der Waals surface area contributed by atoms with Gasteiger partial charge in [0.2, 0.25) is 0 Å². The molecule has 0 radical (unpaired) electrons. The lowest BCUT2D eigenvalue weighted by Gasteiger charge is -2.22. The molecule has 0 saturated carbocycles. The number of hydrogen-bond acceptors (Lipinski definition) is 6. The third kappa shape index (κ3) is 4.03. The first-order valence-corrected chi connectivity index (χ1v) is 7.99. The molecule has 6 heteroatoms. The third-order valence-electron chi connectivity index (χ3n) is 3.86. The Labute approximate surface area is 136 Å². The van der Waals surface area contributed by atoms with Crippen molar-refractivity contribution >= 4 is 5.82 Å². The second-order valence-corrected chi connectivity index (χ2v) is 5.67. The van der Waals surface area contributed by atoms with E-state index in [1.807, 2.05) is 25.1 Å². The number of rotatable bonds is 6. The predicted molar refractivity (Wildman–Crippen MR) is 88.1 cm³/mol. The van der Waals surface area contributed by atoms with E-state index in [1.165, 1.54) is 0 Å². The highest BCUT2D eigenvalue weighted by molar-refractivity contribution is 5.56. The zero-order valence-electron chi connectivity index (χ0n) is 13.6. The highest BCUT2D eigenvalue weighted by Crippen LogP contribution is 2.23. The lowest BCUT2D eigenvalue weighted by Crippen LogP contribution is -2.28. The fourth-order valence-electron chi connectivity index (χ4n) is 2.52. The Morgan fingerprint density at radius 2 is 1.91 bits per heavy atom. The second-order valence-electron chi connectivity index (χ2n) is 5.67. The molecule has 0 aliphatic carbocycles. The summed E-state index contributed by atoms with van der Waals surface area (Å²) in [6, 6.07) is 5.82. The number of ether oxygens (including phenoxy) is 2. The smallest absolute Gasteiger partial charge is 0.167 e. The summed E-state index contributed by atoms with van der Waals surface area (Å²) >= 11 is 0. The van der Waals surface area contributed by atoms with Gasteiger partial charge in [0.25, 0.3) is 0 Å². The Balaban J connectivity index is 1.71. The molecule has 1 N–H and O–H groups in total. The number of aromatic nitrogens is 3. The molecule has 3 heterocycles. The van der Waals surface area contributed by atoms with Crippen LogP contribution < -0.4 is 5.32 Å². The number of aryl methyl sites for hydroxylation is 1. The van der Waals surface area contributed by atoms with E-state index in [1.54, 1.807) is 12.4 Å². The Morgan fingerprint density at radius 3 is 2.61 bits per heavy atom. The summed E-state index contributed by atoms with van der Waals surface area (Å²) < 4.78 is 11.2. The van der Waals surface area contributed by atoms with E-state index in [2.05, 4.69) is 27.2 Å². The Morgan fingerprint density at radius 1 is 1.17 bits per heavy atom. The molecule has 0 unspecified atom stereocenters. The Kier molecular flexibility index (Phi) is 4.83. The van der Waals surface area contributed by atoms with Crippen LogP contribution in [0.1, 0.15) is 26.0 Å². The minimum absolute atomic E-state index is 0.485. The van der Waals surface area contributed by atoms with Crippen LogP contribution in [0.4, 0.5) is 5.82 Å². The molecule has 0 aromatic carbocycles. The average Bonchev–Trinajstić information content (AvgIpc) is 3.02. The van der Waals surface area contributed by atoms with Crippen molar-refractivity contribution in [2.24, 2.45) is 0 Å². The maximum atomic E-state index is 5.61. The summed E-state index contributed by atoms with van der Waals surface area (Å²) in [6.45, 7) is 6.12. The number of nitrogens with one attached hydrogen (secondary N) is 1. The van der Waals surface area contributed by atoms with Crippen molar-refractivity contribution in [3.8, 4) is 11.4 Å². The summed E-state index contributed by atoms with van der Waals surface area (Å²) in [5.41, 5.74) is 1.97. The van der Waals surface area contributed by atoms with Gasteiger partial charge >= 0.3 is 0 Å². The van der Waals surface area contributed by atoms with Crippen LogP contribution in [0.2, 0.25) is 0 Å². The van der Waals surface area contributed by atoms with Crippen LogP contribution in [0.5, 0.6) is 0 Å². The van der Waals surface area contributed by atoms with Crippen LogP contribution in [0, 0.1) is 0 Å². The Bertz CT molecular complexity index is 642. The molecule has 2 aromatic heterocycles. The number of hydrogen-bond donors (Lipinski definition) is 1. The summed E-state index contributed by atoms with van der Waals surface area (Å²) in [6.07, 6.45) is 5.13. The SMILES string of the molecule is CCc1cc(NCCC2(C)OCCO2)nc(-c2ccncc2)n1. The average molecular weight is 314 g/mol. The second kappa shape index (κ2) is 7.02. The molecule has 0 atom stereocenters. The van der Waals surface area contributed by atoms with Crippen LogP contribution in [0.3, 0.4) is 0 Å². The molecule has 1 fully saturated rings. The summed E-state index contributed by atoms with van der Waals surface area (Å²) in [5.74, 6) is 1.06. The van der Waals surface area contributed by atoms with Gasteiger partial charge in [-0.3, -0.25) is 4.98 Å². The van der Waals surface area contributed by atoms with Gasteiger partial charge in [0.05, 0.1) is 13.2 Å². The first-order valence-electron chi connectivity index (χ1n) is 7.99. The van der Waals surface area contributed by atoms with Crippen molar-refractivity contribution in [2.75, 3.05) is 25.1 Å². The molecule has 0 spiro atoms. The van der Waals surface area contributed by atoms with E-state index in [0.717, 1.165) is 36.5 Å². The third-order valence-corrected chi connectivity index (χ3v) is 3.86. The van der Waals surface area contributed by atoms with E-state index >= 15 is 0 Å². The molecule has 0 bridgehead atoms. The van der Waals surface area contributed by atoms with Gasteiger partial charge in [-0.1, -0.05) is 6.92 Å². The monoisotopic (exact) mass is 314 g/mol. The topological polar surface area (TPSA) is 69.2 Å². The van der Waals surface area contributed by atoms with Gasteiger partial charge in [0.1, 0.15) is 5.82 Å². The first-order chi connectivity index (χ1) is 11.2. The maximum Gasteiger partial charge on any atom is 0.167 e. The van der Waals surface area contributed by atoms with E-state index in [-0.39, 0.29) is 0 Å². The van der Waals surface area contributed by atoms with Crippen LogP contribution in [-0.4, -0.2) is 40.5 Å². The van der Waals surface area contributed by atoms with Crippen molar-refractivity contribution in [2.45, 2.75) is 32.5 Å². The van der Waals surface area contributed by atoms with Gasteiger partial charge in [-0.05, 0) is 25.5 Å². The fraction of sp³-hybridized carbons (Fsp3) is 0.471. The minimum Gasteiger partial charge on any atom is -0.370 e. The highest BCUT2D eigenvalue weighted by atomic mass is 16.7. The summed E-state index contributed by atoms with van der Waals surface area (Å²) in [4.78, 5) is 13.2. The number of anilines is 1. The fourth-order valence-corrected chi connectivity index (χ4v) is 2.52. The maximum absolute atomic E-state index is 5.61. The molecular weight excluding hydrogens is 292 g/mol. The molecular formula is C17H22N4O2. The Hall–Kier alpha value is -2.05. The molecule has 3 rings (SSSR count). The van der Waals surface area contributed by atoms with Crippen LogP contribution in [0.25, 0.3) is 11.4 Å². The van der Waals surface area contributed by atoms with Gasteiger partial charge in [-0.2, -0.15) is 0 Å². The van der Waals surface area contributed by atoms with Gasteiger partial charge in [0.15, 0.2) is 11.6 Å². The minimum atomic E-state index is -0.485. The summed E-state index contributed by atoms with van der Waals surface area (Å²) in [5, 5.41) is 3.35. The molecule has 6 nitrogen and oxygen atoms in total. The lowest BCUT2D eigenvalue weighted by molar-refractivity contribution is -0.144. The summed E-state index contributed by atoms with van der Waals surface area (Å²) in [7, 11) is 0. The van der Waals surface area contributed by atoms with Crippen molar-refractivity contribution in [3.63, 3.8) is 0 Å². The molecule has 1 aliphatic rings. The van der Waals surface area contributed by atoms with E-state index in [0.29, 0.717) is 19.0 Å². The molecule has 0 amide bonds. The van der Waals surface area contributed by atoms with Crippen molar-refractivity contribution in [1.82, 2.24) is 15.0 Å². The van der Waals surface area contributed by atoms with E-state index < -0.39 is 5.79 Å². The first kappa shape index (κ1) is 15.8. The zero-order chi connectivity index (χ0) is 16.1. The van der Waals surface area contributed by atoms with Crippen molar-refractivity contribution in [1.29, 1.82) is 0 Å². The highest BCUT2D eigenvalue weighted by Gasteiger charge is 2.30. The van der Waals surface area contributed by atoms with Crippen LogP contribution in [-0.2, 0) is 15.9 Å². The molecule has 122 valence electrons. The van der Waals surface area contributed by atoms with Crippen molar-refractivity contribution in [3.05, 3.63) is 36.3 Å². The predicted octanol–water partition coefficient (Wildman–Crippen LogP) is 2.67. The number of nitrogens with zero attached hydrogens (tertiary/aromatic N) is 3. The molecule has 1 saturated heterocycles. The molecule has 23 heavy (non-hydrogen) atoms. The van der Waals surface area contributed by atoms with Crippen molar-refractivity contribution < 1.29 is 9.47 Å². The number of pyridine rings is 1. The lowest BCUT2D eigenvalue weighted by atomic mass is 10.2. The normalized spacial score (nSPS) is 16.4. The van der Waals surface area contributed by atoms with Gasteiger partial charge in [-0.15, -0.1) is 0 Å². The van der Waals surface area contributed by atoms with Gasteiger partial charge in [-0.25, -0.2) is 9.97 Å². The van der Waals surface area contributed by atoms with Crippen LogP contribution in [0.15, 0.2) is 30.6 Å². The van der Waals surface area contributed by atoms with Gasteiger partial charge in [0, 0.05) is 42.7 Å². The quantitative estimate of drug-likeness (QED) is 0.884. The van der Waals surface area contributed by atoms with Crippen LogP contribution >= 0.6 is 0 Å². The largest absolute Gasteiger partial charge is 0.370 e.